The number of hydrogen-bond donors (Lipinski definition) is 1. The first-order valence-corrected chi connectivity index (χ1v) is 12.0. The molecule has 4 aromatic rings. The molecule has 8 heteroatoms. The molecule has 0 spiro atoms. The third-order valence-electron chi connectivity index (χ3n) is 7.96. The number of ether oxygens (including phenoxy) is 4. The number of benzene rings is 2. The van der Waals surface area contributed by atoms with Gasteiger partial charge >= 0.3 is 5.97 Å². The zero-order chi connectivity index (χ0) is 25.4. The Labute approximate surface area is 209 Å². The average Bonchev–Trinajstić information content (AvgIpc) is 3.21. The molecule has 2 aliphatic heterocycles. The van der Waals surface area contributed by atoms with Crippen LogP contribution < -0.4 is 19.5 Å². The highest BCUT2D eigenvalue weighted by Crippen LogP contribution is 2.58. The van der Waals surface area contributed by atoms with Crippen LogP contribution >= 0.6 is 0 Å². The van der Waals surface area contributed by atoms with E-state index >= 15 is 0 Å². The van der Waals surface area contributed by atoms with E-state index in [0.29, 0.717) is 22.9 Å². The second-order valence-electron chi connectivity index (χ2n) is 9.93. The number of methoxy groups -OCH3 is 4. The fraction of sp³-hybridized carbons (Fsp3) is 0.357. The van der Waals surface area contributed by atoms with Gasteiger partial charge in [-0.05, 0) is 12.1 Å². The van der Waals surface area contributed by atoms with Crippen molar-refractivity contribution < 1.29 is 23.7 Å². The number of hydrogen-bond acceptors (Lipinski definition) is 7. The molecular formula is C28H29N3O5. The summed E-state index contributed by atoms with van der Waals surface area (Å²) >= 11 is 0. The topological polar surface area (TPSA) is 83.8 Å². The van der Waals surface area contributed by atoms with Gasteiger partial charge in [0.1, 0.15) is 5.69 Å². The van der Waals surface area contributed by atoms with Crippen LogP contribution in [0.25, 0.3) is 21.8 Å². The normalized spacial score (nSPS) is 19.3. The third-order valence-corrected chi connectivity index (χ3v) is 7.96. The predicted molar refractivity (Wildman–Crippen MR) is 138 cm³/mol. The molecule has 0 radical (unpaired) electrons. The number of nitrogens with zero attached hydrogens (tertiary/aromatic N) is 2. The molecule has 0 amide bonds. The van der Waals surface area contributed by atoms with Crippen LogP contribution in [0.2, 0.25) is 0 Å². The molecule has 0 saturated carbocycles. The number of carbonyl (C=O) groups is 1. The molecule has 0 aliphatic carbocycles. The van der Waals surface area contributed by atoms with Crippen LogP contribution in [0.15, 0.2) is 36.4 Å². The summed E-state index contributed by atoms with van der Waals surface area (Å²) in [4.78, 5) is 17.5. The Bertz CT molecular complexity index is 1550. The fourth-order valence-corrected chi connectivity index (χ4v) is 6.29. The first kappa shape index (κ1) is 22.5. The number of nitrogens with one attached hydrogen (secondary N) is 1. The minimum absolute atomic E-state index is 0.101. The highest BCUT2D eigenvalue weighted by molar-refractivity contribution is 6.11. The Morgan fingerprint density at radius 2 is 1.78 bits per heavy atom. The number of rotatable bonds is 4. The van der Waals surface area contributed by atoms with Crippen molar-refractivity contribution in [1.82, 2.24) is 9.55 Å². The minimum atomic E-state index is -0.448. The van der Waals surface area contributed by atoms with Crippen molar-refractivity contribution in [3.8, 4) is 17.2 Å². The van der Waals surface area contributed by atoms with Crippen LogP contribution in [0.3, 0.4) is 0 Å². The second-order valence-corrected chi connectivity index (χ2v) is 9.93. The van der Waals surface area contributed by atoms with Crippen molar-refractivity contribution in [2.75, 3.05) is 33.8 Å². The molecule has 0 saturated heterocycles. The first-order chi connectivity index (χ1) is 17.3. The van der Waals surface area contributed by atoms with Gasteiger partial charge in [0, 0.05) is 51.5 Å². The lowest BCUT2D eigenvalue weighted by Crippen LogP contribution is -2.46. The first-order valence-electron chi connectivity index (χ1n) is 12.0. The highest BCUT2D eigenvalue weighted by atomic mass is 16.5. The van der Waals surface area contributed by atoms with Crippen LogP contribution in [0.5, 0.6) is 17.2 Å². The van der Waals surface area contributed by atoms with Gasteiger partial charge in [0.25, 0.3) is 0 Å². The lowest BCUT2D eigenvalue weighted by atomic mass is 9.65. The van der Waals surface area contributed by atoms with Gasteiger partial charge in [-0.1, -0.05) is 32.0 Å². The van der Waals surface area contributed by atoms with Gasteiger partial charge in [0.05, 0.1) is 45.7 Å². The lowest BCUT2D eigenvalue weighted by molar-refractivity contribution is 0.0593. The van der Waals surface area contributed by atoms with E-state index in [1.165, 1.54) is 7.11 Å². The van der Waals surface area contributed by atoms with E-state index in [4.69, 9.17) is 23.9 Å². The maximum atomic E-state index is 12.7. The number of aromatic nitrogens is 2. The molecule has 1 N–H and O–H groups in total. The predicted octanol–water partition coefficient (Wildman–Crippen LogP) is 5.08. The molecule has 8 nitrogen and oxygen atoms in total. The zero-order valence-electron chi connectivity index (χ0n) is 21.3. The SMILES string of the molecule is COC(=O)c1cc2c3ccccc3n3c2c(n1)C1Nc2cc(OC)c(OC)c(OC)c2C(C)(C)C1C3. The smallest absolute Gasteiger partial charge is 0.356 e. The van der Waals surface area contributed by atoms with Crippen LogP contribution in [0.4, 0.5) is 5.69 Å². The molecule has 0 fully saturated rings. The Morgan fingerprint density at radius 1 is 1.03 bits per heavy atom. The van der Waals surface area contributed by atoms with Gasteiger partial charge in [-0.3, -0.25) is 0 Å². The zero-order valence-corrected chi connectivity index (χ0v) is 21.3. The van der Waals surface area contributed by atoms with Crippen molar-refractivity contribution in [2.45, 2.75) is 31.8 Å². The van der Waals surface area contributed by atoms with E-state index in [-0.39, 0.29) is 17.4 Å². The fourth-order valence-electron chi connectivity index (χ4n) is 6.29. The Hall–Kier alpha value is -3.94. The van der Waals surface area contributed by atoms with Crippen molar-refractivity contribution in [1.29, 1.82) is 0 Å². The number of esters is 1. The van der Waals surface area contributed by atoms with E-state index in [1.54, 1.807) is 21.3 Å². The third kappa shape index (κ3) is 2.81. The van der Waals surface area contributed by atoms with E-state index in [9.17, 15) is 4.79 Å². The monoisotopic (exact) mass is 487 g/mol. The summed E-state index contributed by atoms with van der Waals surface area (Å²) in [5.74, 6) is 1.47. The minimum Gasteiger partial charge on any atom is -0.493 e. The highest BCUT2D eigenvalue weighted by Gasteiger charge is 2.49. The summed E-state index contributed by atoms with van der Waals surface area (Å²) in [7, 11) is 6.28. The number of carbonyl (C=O) groups excluding carboxylic acids is 1. The molecule has 4 heterocycles. The molecule has 2 aliphatic rings. The Kier molecular flexibility index (Phi) is 4.87. The molecule has 186 valence electrons. The summed E-state index contributed by atoms with van der Waals surface area (Å²) in [6, 6.07) is 12.0. The van der Waals surface area contributed by atoms with Gasteiger partial charge in [0.2, 0.25) is 5.75 Å². The van der Waals surface area contributed by atoms with Crippen LogP contribution in [0, 0.1) is 5.92 Å². The maximum absolute atomic E-state index is 12.7. The Balaban J connectivity index is 1.67. The lowest BCUT2D eigenvalue weighted by Gasteiger charge is -2.48. The van der Waals surface area contributed by atoms with Crippen molar-refractivity contribution in [3.63, 3.8) is 0 Å². The number of fused-ring (bicyclic) bond motifs is 6. The van der Waals surface area contributed by atoms with E-state index in [2.05, 4.69) is 35.9 Å². The van der Waals surface area contributed by atoms with Gasteiger partial charge in [-0.15, -0.1) is 0 Å². The summed E-state index contributed by atoms with van der Waals surface area (Å²) in [5.41, 5.74) is 4.91. The van der Waals surface area contributed by atoms with Gasteiger partial charge in [-0.2, -0.15) is 0 Å². The van der Waals surface area contributed by atoms with E-state index < -0.39 is 5.97 Å². The maximum Gasteiger partial charge on any atom is 0.356 e. The Morgan fingerprint density at radius 3 is 2.47 bits per heavy atom. The molecule has 36 heavy (non-hydrogen) atoms. The summed E-state index contributed by atoms with van der Waals surface area (Å²) in [6.45, 7) is 5.24. The number of anilines is 1. The molecule has 6 rings (SSSR count). The second kappa shape index (κ2) is 7.78. The van der Waals surface area contributed by atoms with Gasteiger partial charge in [-0.25, -0.2) is 9.78 Å². The van der Waals surface area contributed by atoms with Crippen molar-refractivity contribution >= 4 is 33.5 Å². The van der Waals surface area contributed by atoms with Crippen molar-refractivity contribution in [3.05, 3.63) is 53.3 Å². The molecule has 2 aromatic heterocycles. The molecular weight excluding hydrogens is 458 g/mol. The summed E-state index contributed by atoms with van der Waals surface area (Å²) in [6.07, 6.45) is 0. The van der Waals surface area contributed by atoms with E-state index in [0.717, 1.165) is 45.3 Å². The van der Waals surface area contributed by atoms with Crippen LogP contribution in [0.1, 0.15) is 41.6 Å². The summed E-state index contributed by atoms with van der Waals surface area (Å²) in [5, 5.41) is 5.84. The van der Waals surface area contributed by atoms with Crippen molar-refractivity contribution in [2.24, 2.45) is 5.92 Å². The summed E-state index contributed by atoms with van der Waals surface area (Å²) < 4.78 is 24.7. The standard InChI is InChI=1S/C28H29N3O5/c1-28(2)16-13-31-19-10-8-7-9-14(19)15-11-18(27(32)36-6)30-23(24(15)31)22(16)29-17-12-20(33-3)25(34-4)26(35-5)21(17)28/h7-12,16,22,29H,13H2,1-6H3. The van der Waals surface area contributed by atoms with Gasteiger partial charge in [0.15, 0.2) is 11.5 Å². The number of para-hydroxylation sites is 1. The number of pyridine rings is 1. The molecule has 2 aromatic carbocycles. The van der Waals surface area contributed by atoms with E-state index in [1.807, 2.05) is 24.3 Å². The van der Waals surface area contributed by atoms with Crippen LogP contribution in [-0.2, 0) is 16.7 Å². The van der Waals surface area contributed by atoms with Gasteiger partial charge < -0.3 is 28.8 Å². The molecule has 2 atom stereocenters. The molecule has 0 bridgehead atoms. The quantitative estimate of drug-likeness (QED) is 0.402. The molecule has 2 unspecified atom stereocenters. The largest absolute Gasteiger partial charge is 0.493 e. The average molecular weight is 488 g/mol. The van der Waals surface area contributed by atoms with Crippen LogP contribution in [-0.4, -0.2) is 44.0 Å².